The molecule has 0 aliphatic rings. The highest BCUT2D eigenvalue weighted by atomic mass is 19.1. The minimum absolute atomic E-state index is 0.260. The zero-order valence-corrected chi connectivity index (χ0v) is 12.0. The number of rotatable bonds is 10. The first-order chi connectivity index (χ1) is 9.27. The van der Waals surface area contributed by atoms with Gasteiger partial charge in [-0.3, -0.25) is 0 Å². The Morgan fingerprint density at radius 2 is 1.74 bits per heavy atom. The highest BCUT2D eigenvalue weighted by Gasteiger charge is 2.03. The molecule has 0 atom stereocenters. The lowest BCUT2D eigenvalue weighted by atomic mass is 10.1. The predicted octanol–water partition coefficient (Wildman–Crippen LogP) is 4.41. The Morgan fingerprint density at radius 1 is 1.05 bits per heavy atom. The van der Waals surface area contributed by atoms with Crippen molar-refractivity contribution in [1.82, 2.24) is 0 Å². The summed E-state index contributed by atoms with van der Waals surface area (Å²) in [6.45, 7) is 3.22. The van der Waals surface area contributed by atoms with Crippen LogP contribution in [0.15, 0.2) is 18.2 Å². The average Bonchev–Trinajstić information content (AvgIpc) is 2.43. The number of nitrogens with two attached hydrogens (primary N) is 1. The van der Waals surface area contributed by atoms with E-state index in [9.17, 15) is 4.39 Å². The Kier molecular flexibility index (Phi) is 8.23. The predicted molar refractivity (Wildman–Crippen MR) is 77.8 cm³/mol. The van der Waals surface area contributed by atoms with Crippen LogP contribution in [0.25, 0.3) is 0 Å². The highest BCUT2D eigenvalue weighted by Crippen LogP contribution is 2.19. The molecular weight excluding hydrogens is 241 g/mol. The van der Waals surface area contributed by atoms with Gasteiger partial charge in [-0.05, 0) is 24.6 Å². The van der Waals surface area contributed by atoms with Crippen LogP contribution in [-0.2, 0) is 6.54 Å². The van der Waals surface area contributed by atoms with Gasteiger partial charge in [0.2, 0.25) is 0 Å². The lowest BCUT2D eigenvalue weighted by Crippen LogP contribution is -2.04. The molecule has 0 radical (unpaired) electrons. The first-order valence-electron chi connectivity index (χ1n) is 7.39. The Balaban J connectivity index is 2.15. The molecule has 19 heavy (non-hydrogen) atoms. The molecule has 0 unspecified atom stereocenters. The molecule has 0 spiro atoms. The van der Waals surface area contributed by atoms with Crippen molar-refractivity contribution in [2.45, 2.75) is 58.4 Å². The van der Waals surface area contributed by atoms with Crippen molar-refractivity contribution < 1.29 is 9.13 Å². The number of hydrogen-bond donors (Lipinski definition) is 1. The van der Waals surface area contributed by atoms with E-state index in [1.165, 1.54) is 50.7 Å². The van der Waals surface area contributed by atoms with Gasteiger partial charge in [-0.15, -0.1) is 0 Å². The van der Waals surface area contributed by atoms with Crippen molar-refractivity contribution in [3.63, 3.8) is 0 Å². The molecule has 0 aliphatic heterocycles. The fourth-order valence-corrected chi connectivity index (χ4v) is 2.09. The van der Waals surface area contributed by atoms with E-state index < -0.39 is 0 Å². The first kappa shape index (κ1) is 16.0. The van der Waals surface area contributed by atoms with Crippen molar-refractivity contribution in [1.29, 1.82) is 0 Å². The number of unbranched alkanes of at least 4 members (excludes halogenated alkanes) is 6. The van der Waals surface area contributed by atoms with Gasteiger partial charge in [-0.25, -0.2) is 4.39 Å². The van der Waals surface area contributed by atoms with E-state index in [4.69, 9.17) is 10.5 Å². The van der Waals surface area contributed by atoms with Gasteiger partial charge in [0.15, 0.2) is 0 Å². The molecule has 2 N–H and O–H groups in total. The summed E-state index contributed by atoms with van der Waals surface area (Å²) in [4.78, 5) is 0. The van der Waals surface area contributed by atoms with Gasteiger partial charge in [0.25, 0.3) is 0 Å². The summed E-state index contributed by atoms with van der Waals surface area (Å²) in [6.07, 6.45) is 8.81. The SMILES string of the molecule is CCCCCCCCCOc1ccc(F)cc1CN. The van der Waals surface area contributed by atoms with Gasteiger partial charge in [0.1, 0.15) is 11.6 Å². The monoisotopic (exact) mass is 267 g/mol. The molecule has 0 aliphatic carbocycles. The lowest BCUT2D eigenvalue weighted by Gasteiger charge is -2.10. The van der Waals surface area contributed by atoms with E-state index in [-0.39, 0.29) is 5.82 Å². The molecule has 0 heterocycles. The van der Waals surface area contributed by atoms with Crippen LogP contribution in [0.3, 0.4) is 0 Å². The van der Waals surface area contributed by atoms with E-state index in [0.29, 0.717) is 13.2 Å². The van der Waals surface area contributed by atoms with Crippen molar-refractivity contribution >= 4 is 0 Å². The molecule has 0 fully saturated rings. The van der Waals surface area contributed by atoms with Crippen LogP contribution in [0.4, 0.5) is 4.39 Å². The van der Waals surface area contributed by atoms with Crippen LogP contribution < -0.4 is 10.5 Å². The summed E-state index contributed by atoms with van der Waals surface area (Å²) in [6, 6.07) is 4.53. The van der Waals surface area contributed by atoms with E-state index in [1.54, 1.807) is 6.07 Å². The van der Waals surface area contributed by atoms with E-state index in [1.807, 2.05) is 0 Å². The number of benzene rings is 1. The second-order valence-corrected chi connectivity index (χ2v) is 4.93. The number of ether oxygens (including phenoxy) is 1. The van der Waals surface area contributed by atoms with Crippen LogP contribution in [0.5, 0.6) is 5.75 Å². The quantitative estimate of drug-likeness (QED) is 0.637. The van der Waals surface area contributed by atoms with Gasteiger partial charge < -0.3 is 10.5 Å². The van der Waals surface area contributed by atoms with Gasteiger partial charge in [-0.2, -0.15) is 0 Å². The summed E-state index contributed by atoms with van der Waals surface area (Å²) < 4.78 is 18.7. The second kappa shape index (κ2) is 9.79. The molecule has 3 heteroatoms. The summed E-state index contributed by atoms with van der Waals surface area (Å²) in [5.41, 5.74) is 6.31. The molecule has 0 aromatic heterocycles. The minimum atomic E-state index is -0.260. The van der Waals surface area contributed by atoms with E-state index in [2.05, 4.69) is 6.92 Å². The maximum absolute atomic E-state index is 13.0. The Morgan fingerprint density at radius 3 is 2.42 bits per heavy atom. The molecule has 1 aromatic carbocycles. The standard InChI is InChI=1S/C16H26FNO/c1-2-3-4-5-6-7-8-11-19-16-10-9-15(17)12-14(16)13-18/h9-10,12H,2-8,11,13,18H2,1H3. The van der Waals surface area contributed by atoms with Gasteiger partial charge >= 0.3 is 0 Å². The Bertz CT molecular complexity index is 355. The summed E-state index contributed by atoms with van der Waals surface area (Å²) in [5.74, 6) is 0.457. The minimum Gasteiger partial charge on any atom is -0.493 e. The first-order valence-corrected chi connectivity index (χ1v) is 7.39. The summed E-state index contributed by atoms with van der Waals surface area (Å²) in [7, 11) is 0. The van der Waals surface area contributed by atoms with Crippen LogP contribution in [0.2, 0.25) is 0 Å². The average molecular weight is 267 g/mol. The van der Waals surface area contributed by atoms with Gasteiger partial charge in [0.05, 0.1) is 6.61 Å². The van der Waals surface area contributed by atoms with Crippen molar-refractivity contribution in [2.75, 3.05) is 6.61 Å². The molecule has 108 valence electrons. The topological polar surface area (TPSA) is 35.2 Å². The summed E-state index contributed by atoms with van der Waals surface area (Å²) in [5, 5.41) is 0. The molecule has 1 rings (SSSR count). The van der Waals surface area contributed by atoms with Crippen molar-refractivity contribution in [2.24, 2.45) is 5.73 Å². The third-order valence-corrected chi connectivity index (χ3v) is 3.25. The van der Waals surface area contributed by atoms with Crippen LogP contribution in [0.1, 0.15) is 57.4 Å². The zero-order chi connectivity index (χ0) is 13.9. The van der Waals surface area contributed by atoms with E-state index in [0.717, 1.165) is 17.7 Å². The smallest absolute Gasteiger partial charge is 0.123 e. The van der Waals surface area contributed by atoms with Crippen LogP contribution in [-0.4, -0.2) is 6.61 Å². The second-order valence-electron chi connectivity index (χ2n) is 4.93. The Labute approximate surface area is 116 Å². The number of hydrogen-bond acceptors (Lipinski definition) is 2. The van der Waals surface area contributed by atoms with Gasteiger partial charge in [0, 0.05) is 12.1 Å². The van der Waals surface area contributed by atoms with Crippen LogP contribution >= 0.6 is 0 Å². The van der Waals surface area contributed by atoms with Crippen molar-refractivity contribution in [3.8, 4) is 5.75 Å². The highest BCUT2D eigenvalue weighted by molar-refractivity contribution is 5.33. The number of halogens is 1. The molecule has 0 saturated carbocycles. The maximum Gasteiger partial charge on any atom is 0.123 e. The van der Waals surface area contributed by atoms with Crippen molar-refractivity contribution in [3.05, 3.63) is 29.6 Å². The normalized spacial score (nSPS) is 10.7. The molecule has 1 aromatic rings. The fourth-order valence-electron chi connectivity index (χ4n) is 2.09. The molecular formula is C16H26FNO. The largest absolute Gasteiger partial charge is 0.493 e. The molecule has 2 nitrogen and oxygen atoms in total. The molecule has 0 saturated heterocycles. The zero-order valence-electron chi connectivity index (χ0n) is 12.0. The lowest BCUT2D eigenvalue weighted by molar-refractivity contribution is 0.301. The van der Waals surface area contributed by atoms with Gasteiger partial charge in [-0.1, -0.05) is 45.4 Å². The van der Waals surface area contributed by atoms with Crippen LogP contribution in [0, 0.1) is 5.82 Å². The Hall–Kier alpha value is -1.09. The molecule has 0 bridgehead atoms. The third-order valence-electron chi connectivity index (χ3n) is 3.25. The maximum atomic E-state index is 13.0. The third kappa shape index (κ3) is 6.58. The van der Waals surface area contributed by atoms with E-state index >= 15 is 0 Å². The molecule has 0 amide bonds. The summed E-state index contributed by atoms with van der Waals surface area (Å²) >= 11 is 0. The fraction of sp³-hybridized carbons (Fsp3) is 0.625.